The maximum absolute atomic E-state index is 11.8. The molecule has 0 aromatic heterocycles. The first kappa shape index (κ1) is 15.1. The van der Waals surface area contributed by atoms with E-state index in [4.69, 9.17) is 5.11 Å². The number of carbonyl (C=O) groups is 2. The van der Waals surface area contributed by atoms with Crippen molar-refractivity contribution >= 4 is 17.7 Å². The molecular weight excluding hydrogens is 268 g/mol. The van der Waals surface area contributed by atoms with E-state index in [1.165, 1.54) is 43.4 Å². The number of benzene rings is 1. The molecule has 1 saturated carbocycles. The third-order valence-electron chi connectivity index (χ3n) is 3.82. The van der Waals surface area contributed by atoms with Gasteiger partial charge in [-0.25, -0.2) is 9.59 Å². The number of urea groups is 1. The average Bonchev–Trinajstić information content (AvgIpc) is 2.99. The summed E-state index contributed by atoms with van der Waals surface area (Å²) in [7, 11) is 0. The van der Waals surface area contributed by atoms with Gasteiger partial charge in [0.15, 0.2) is 0 Å². The molecule has 5 heteroatoms. The van der Waals surface area contributed by atoms with Crippen LogP contribution in [-0.4, -0.2) is 17.1 Å². The highest BCUT2D eigenvalue weighted by Gasteiger charge is 2.16. The van der Waals surface area contributed by atoms with Crippen molar-refractivity contribution in [3.05, 3.63) is 41.6 Å². The SMILES string of the molecule is C/C(=C\NC(=O)Nc1ccc(C(=O)O)cc1)C1CCCC1. The van der Waals surface area contributed by atoms with Crippen molar-refractivity contribution in [3.8, 4) is 0 Å². The number of nitrogens with one attached hydrogen (secondary N) is 2. The molecule has 1 aliphatic rings. The van der Waals surface area contributed by atoms with Gasteiger partial charge in [0, 0.05) is 11.9 Å². The van der Waals surface area contributed by atoms with Gasteiger partial charge in [-0.05, 0) is 49.9 Å². The van der Waals surface area contributed by atoms with Gasteiger partial charge >= 0.3 is 12.0 Å². The third-order valence-corrected chi connectivity index (χ3v) is 3.82. The molecule has 0 unspecified atom stereocenters. The van der Waals surface area contributed by atoms with Gasteiger partial charge in [0.1, 0.15) is 0 Å². The molecule has 112 valence electrons. The van der Waals surface area contributed by atoms with E-state index in [9.17, 15) is 9.59 Å². The van der Waals surface area contributed by atoms with Crippen LogP contribution in [0.3, 0.4) is 0 Å². The predicted molar refractivity (Wildman–Crippen MR) is 81.3 cm³/mol. The molecule has 0 spiro atoms. The van der Waals surface area contributed by atoms with E-state index < -0.39 is 5.97 Å². The summed E-state index contributed by atoms with van der Waals surface area (Å²) in [4.78, 5) is 22.5. The van der Waals surface area contributed by atoms with Crippen molar-refractivity contribution in [1.29, 1.82) is 0 Å². The number of aromatic carboxylic acids is 1. The lowest BCUT2D eigenvalue weighted by atomic mass is 10.0. The summed E-state index contributed by atoms with van der Waals surface area (Å²) >= 11 is 0. The van der Waals surface area contributed by atoms with Gasteiger partial charge in [0.05, 0.1) is 5.56 Å². The standard InChI is InChI=1S/C16H20N2O3/c1-11(12-4-2-3-5-12)10-17-16(21)18-14-8-6-13(7-9-14)15(19)20/h6-10,12H,2-5H2,1H3,(H,19,20)(H2,17,18,21)/b11-10+. The van der Waals surface area contributed by atoms with Crippen LogP contribution in [0.15, 0.2) is 36.0 Å². The number of hydrogen-bond donors (Lipinski definition) is 3. The van der Waals surface area contributed by atoms with Gasteiger partial charge in [-0.15, -0.1) is 0 Å². The Morgan fingerprint density at radius 3 is 2.38 bits per heavy atom. The van der Waals surface area contributed by atoms with E-state index in [1.54, 1.807) is 18.3 Å². The number of amides is 2. The van der Waals surface area contributed by atoms with E-state index >= 15 is 0 Å². The molecule has 0 bridgehead atoms. The first-order valence-corrected chi connectivity index (χ1v) is 7.14. The normalized spacial score (nSPS) is 15.8. The first-order chi connectivity index (χ1) is 10.1. The van der Waals surface area contributed by atoms with Crippen molar-refractivity contribution in [3.63, 3.8) is 0 Å². The maximum atomic E-state index is 11.8. The highest BCUT2D eigenvalue weighted by atomic mass is 16.4. The molecule has 0 radical (unpaired) electrons. The molecule has 21 heavy (non-hydrogen) atoms. The fourth-order valence-corrected chi connectivity index (χ4v) is 2.54. The van der Waals surface area contributed by atoms with Crippen LogP contribution in [0, 0.1) is 5.92 Å². The van der Waals surface area contributed by atoms with E-state index in [2.05, 4.69) is 10.6 Å². The monoisotopic (exact) mass is 288 g/mol. The highest BCUT2D eigenvalue weighted by molar-refractivity contribution is 5.91. The number of rotatable bonds is 4. The van der Waals surface area contributed by atoms with Crippen LogP contribution >= 0.6 is 0 Å². The topological polar surface area (TPSA) is 78.4 Å². The van der Waals surface area contributed by atoms with Crippen molar-refractivity contribution in [2.45, 2.75) is 32.6 Å². The Morgan fingerprint density at radius 2 is 1.81 bits per heavy atom. The van der Waals surface area contributed by atoms with Gasteiger partial charge in [-0.1, -0.05) is 18.4 Å². The number of allylic oxidation sites excluding steroid dienone is 1. The molecule has 1 aromatic carbocycles. The molecule has 0 heterocycles. The average molecular weight is 288 g/mol. The zero-order chi connectivity index (χ0) is 15.2. The van der Waals surface area contributed by atoms with Gasteiger partial charge < -0.3 is 15.7 Å². The van der Waals surface area contributed by atoms with E-state index in [1.807, 2.05) is 6.92 Å². The lowest BCUT2D eigenvalue weighted by molar-refractivity contribution is 0.0697. The van der Waals surface area contributed by atoms with Crippen molar-refractivity contribution in [2.75, 3.05) is 5.32 Å². The van der Waals surface area contributed by atoms with E-state index in [-0.39, 0.29) is 11.6 Å². The highest BCUT2D eigenvalue weighted by Crippen LogP contribution is 2.30. The summed E-state index contributed by atoms with van der Waals surface area (Å²) in [6, 6.07) is 5.72. The Morgan fingerprint density at radius 1 is 1.19 bits per heavy atom. The molecule has 2 amide bonds. The summed E-state index contributed by atoms with van der Waals surface area (Å²) in [6.45, 7) is 2.04. The zero-order valence-electron chi connectivity index (χ0n) is 12.1. The van der Waals surface area contributed by atoms with Gasteiger partial charge in [0.2, 0.25) is 0 Å². The summed E-state index contributed by atoms with van der Waals surface area (Å²) in [5.74, 6) is -0.402. The van der Waals surface area contributed by atoms with Crippen molar-refractivity contribution < 1.29 is 14.7 Å². The Hall–Kier alpha value is -2.30. The molecule has 1 aliphatic carbocycles. The smallest absolute Gasteiger partial charge is 0.335 e. The Kier molecular flexibility index (Phi) is 4.98. The lowest BCUT2D eigenvalue weighted by Gasteiger charge is -2.10. The van der Waals surface area contributed by atoms with Crippen molar-refractivity contribution in [1.82, 2.24) is 5.32 Å². The predicted octanol–water partition coefficient (Wildman–Crippen LogP) is 3.60. The molecule has 0 atom stereocenters. The molecule has 0 saturated heterocycles. The molecule has 5 nitrogen and oxygen atoms in total. The van der Waals surface area contributed by atoms with Crippen LogP contribution in [-0.2, 0) is 0 Å². The van der Waals surface area contributed by atoms with E-state index in [0.29, 0.717) is 11.6 Å². The second-order valence-electron chi connectivity index (χ2n) is 5.35. The quantitative estimate of drug-likeness (QED) is 0.792. The van der Waals surface area contributed by atoms with Gasteiger partial charge in [0.25, 0.3) is 0 Å². The number of anilines is 1. The zero-order valence-corrected chi connectivity index (χ0v) is 12.1. The summed E-state index contributed by atoms with van der Waals surface area (Å²) in [5, 5.41) is 14.2. The van der Waals surface area contributed by atoms with Crippen molar-refractivity contribution in [2.24, 2.45) is 5.92 Å². The van der Waals surface area contributed by atoms with Crippen LogP contribution in [0.5, 0.6) is 0 Å². The summed E-state index contributed by atoms with van der Waals surface area (Å²) in [6.07, 6.45) is 6.68. The number of carboxylic acids is 1. The van der Waals surface area contributed by atoms with Crippen LogP contribution in [0.4, 0.5) is 10.5 Å². The second-order valence-corrected chi connectivity index (χ2v) is 5.35. The fraction of sp³-hybridized carbons (Fsp3) is 0.375. The van der Waals surface area contributed by atoms with E-state index in [0.717, 1.165) is 0 Å². The summed E-state index contributed by atoms with van der Waals surface area (Å²) in [5.41, 5.74) is 1.95. The molecule has 0 aliphatic heterocycles. The fourth-order valence-electron chi connectivity index (χ4n) is 2.54. The second kappa shape index (κ2) is 6.92. The Labute approximate surface area is 124 Å². The summed E-state index contributed by atoms with van der Waals surface area (Å²) < 4.78 is 0. The van der Waals surface area contributed by atoms with Crippen LogP contribution < -0.4 is 10.6 Å². The number of carbonyl (C=O) groups excluding carboxylic acids is 1. The van der Waals surface area contributed by atoms with Crippen LogP contribution in [0.1, 0.15) is 43.0 Å². The van der Waals surface area contributed by atoms with Gasteiger partial charge in [-0.3, -0.25) is 0 Å². The molecular formula is C16H20N2O3. The molecule has 1 fully saturated rings. The minimum absolute atomic E-state index is 0.193. The van der Waals surface area contributed by atoms with Crippen LogP contribution in [0.2, 0.25) is 0 Å². The number of carboxylic acid groups (broad SMARTS) is 1. The molecule has 1 aromatic rings. The minimum Gasteiger partial charge on any atom is -0.478 e. The number of hydrogen-bond acceptors (Lipinski definition) is 2. The molecule has 3 N–H and O–H groups in total. The Bertz CT molecular complexity index is 543. The van der Waals surface area contributed by atoms with Crippen LogP contribution in [0.25, 0.3) is 0 Å². The third kappa shape index (κ3) is 4.34. The first-order valence-electron chi connectivity index (χ1n) is 7.14. The van der Waals surface area contributed by atoms with Gasteiger partial charge in [-0.2, -0.15) is 0 Å². The largest absolute Gasteiger partial charge is 0.478 e. The minimum atomic E-state index is -0.985. The molecule has 2 rings (SSSR count). The lowest BCUT2D eigenvalue weighted by Crippen LogP contribution is -2.24. The maximum Gasteiger partial charge on any atom is 0.335 e. The Balaban J connectivity index is 1.86.